The lowest BCUT2D eigenvalue weighted by Gasteiger charge is -2.34. The van der Waals surface area contributed by atoms with Gasteiger partial charge in [0.15, 0.2) is 12.7 Å². The van der Waals surface area contributed by atoms with Crippen LogP contribution in [0.25, 0.3) is 0 Å². The molecule has 2 aromatic rings. The summed E-state index contributed by atoms with van der Waals surface area (Å²) >= 11 is 6.01. The topological polar surface area (TPSA) is 84.9 Å². The molecule has 1 heterocycles. The van der Waals surface area contributed by atoms with E-state index >= 15 is 0 Å². The van der Waals surface area contributed by atoms with Gasteiger partial charge >= 0.3 is 5.97 Å². The van der Waals surface area contributed by atoms with Crippen molar-refractivity contribution < 1.29 is 23.9 Å². The van der Waals surface area contributed by atoms with Gasteiger partial charge in [0.2, 0.25) is 0 Å². The quantitative estimate of drug-likeness (QED) is 0.698. The molecule has 1 fully saturated rings. The minimum Gasteiger partial charge on any atom is -0.477 e. The van der Waals surface area contributed by atoms with Crippen LogP contribution in [0, 0.1) is 0 Å². The summed E-state index contributed by atoms with van der Waals surface area (Å²) in [7, 11) is 1.51. The van der Waals surface area contributed by atoms with Crippen molar-refractivity contribution in [2.75, 3.05) is 25.1 Å². The standard InChI is InChI=1S/C24H25ClN2O5/c1-26-22(29)20-14-27(18-6-2-3-7-19(18)32-20)21(28)15-31-23(30)24(12-4-5-13-24)16-8-10-17(25)11-9-16/h2-3,6-11,20H,4-5,12-15H2,1H3,(H,26,29). The zero-order valence-corrected chi connectivity index (χ0v) is 18.6. The molecule has 1 unspecified atom stereocenters. The van der Waals surface area contributed by atoms with E-state index in [2.05, 4.69) is 5.32 Å². The Morgan fingerprint density at radius 1 is 1.12 bits per heavy atom. The zero-order valence-electron chi connectivity index (χ0n) is 17.8. The van der Waals surface area contributed by atoms with Gasteiger partial charge in [-0.15, -0.1) is 0 Å². The highest BCUT2D eigenvalue weighted by Gasteiger charge is 2.44. The lowest BCUT2D eigenvalue weighted by Crippen LogP contribution is -2.51. The smallest absolute Gasteiger partial charge is 0.317 e. The number of esters is 1. The number of carbonyl (C=O) groups is 3. The molecule has 0 spiro atoms. The summed E-state index contributed by atoms with van der Waals surface area (Å²) in [4.78, 5) is 39.8. The summed E-state index contributed by atoms with van der Waals surface area (Å²) in [6.45, 7) is -0.377. The second kappa shape index (κ2) is 9.20. The maximum absolute atomic E-state index is 13.2. The Balaban J connectivity index is 1.50. The fraction of sp³-hybridized carbons (Fsp3) is 0.375. The molecule has 4 rings (SSSR count). The van der Waals surface area contributed by atoms with Gasteiger partial charge in [-0.2, -0.15) is 0 Å². The molecule has 0 radical (unpaired) electrons. The van der Waals surface area contributed by atoms with Gasteiger partial charge in [0.05, 0.1) is 17.6 Å². The number of fused-ring (bicyclic) bond motifs is 1. The first kappa shape index (κ1) is 22.1. The molecule has 1 aliphatic carbocycles. The number of benzene rings is 2. The van der Waals surface area contributed by atoms with Gasteiger partial charge in [-0.05, 0) is 42.7 Å². The van der Waals surface area contributed by atoms with Crippen LogP contribution in [0.15, 0.2) is 48.5 Å². The molecule has 1 saturated carbocycles. The van der Waals surface area contributed by atoms with E-state index in [0.29, 0.717) is 29.3 Å². The number of carbonyl (C=O) groups excluding carboxylic acids is 3. The first-order valence-electron chi connectivity index (χ1n) is 10.7. The third-order valence-corrected chi connectivity index (χ3v) is 6.44. The molecular weight excluding hydrogens is 432 g/mol. The first-order valence-corrected chi connectivity index (χ1v) is 11.0. The number of ether oxygens (including phenoxy) is 2. The second-order valence-corrected chi connectivity index (χ2v) is 8.50. The van der Waals surface area contributed by atoms with Crippen LogP contribution in [0.1, 0.15) is 31.2 Å². The van der Waals surface area contributed by atoms with Gasteiger partial charge in [-0.3, -0.25) is 14.4 Å². The molecule has 2 aromatic carbocycles. The summed E-state index contributed by atoms with van der Waals surface area (Å²) in [6.07, 6.45) is 2.32. The highest BCUT2D eigenvalue weighted by molar-refractivity contribution is 6.30. The van der Waals surface area contributed by atoms with Crippen molar-refractivity contribution in [2.45, 2.75) is 37.2 Å². The molecule has 0 bridgehead atoms. The van der Waals surface area contributed by atoms with Crippen molar-refractivity contribution in [3.05, 3.63) is 59.1 Å². The lowest BCUT2D eigenvalue weighted by molar-refractivity contribution is -0.154. The zero-order chi connectivity index (χ0) is 22.7. The molecule has 1 aliphatic heterocycles. The minimum atomic E-state index is -0.843. The van der Waals surface area contributed by atoms with Crippen molar-refractivity contribution >= 4 is 35.1 Å². The molecular formula is C24H25ClN2O5. The van der Waals surface area contributed by atoms with Crippen LogP contribution in [0.5, 0.6) is 5.75 Å². The van der Waals surface area contributed by atoms with Crippen LogP contribution in [-0.2, 0) is 24.5 Å². The Hall–Kier alpha value is -3.06. The molecule has 1 N–H and O–H groups in total. The third kappa shape index (κ3) is 4.17. The average molecular weight is 457 g/mol. The second-order valence-electron chi connectivity index (χ2n) is 8.07. The number of nitrogens with one attached hydrogen (secondary N) is 1. The normalized spacial score (nSPS) is 18.9. The number of amides is 2. The number of para-hydroxylation sites is 2. The van der Waals surface area contributed by atoms with Crippen LogP contribution in [0.3, 0.4) is 0 Å². The van der Waals surface area contributed by atoms with Crippen LogP contribution >= 0.6 is 11.6 Å². The van der Waals surface area contributed by atoms with E-state index in [1.807, 2.05) is 12.1 Å². The average Bonchev–Trinajstić information content (AvgIpc) is 3.32. The van der Waals surface area contributed by atoms with E-state index in [9.17, 15) is 14.4 Å². The monoisotopic (exact) mass is 456 g/mol. The van der Waals surface area contributed by atoms with Crippen LogP contribution in [0.4, 0.5) is 5.69 Å². The number of hydrogen-bond donors (Lipinski definition) is 1. The summed E-state index contributed by atoms with van der Waals surface area (Å²) in [5, 5.41) is 3.14. The van der Waals surface area contributed by atoms with Crippen LogP contribution in [0.2, 0.25) is 5.02 Å². The number of nitrogens with zero attached hydrogens (tertiary/aromatic N) is 1. The molecule has 7 nitrogen and oxygen atoms in total. The SMILES string of the molecule is CNC(=O)C1CN(C(=O)COC(=O)C2(c3ccc(Cl)cc3)CCCC2)c2ccccc2O1. The van der Waals surface area contributed by atoms with Crippen molar-refractivity contribution in [1.82, 2.24) is 5.32 Å². The Morgan fingerprint density at radius 3 is 2.50 bits per heavy atom. The van der Waals surface area contributed by atoms with E-state index in [1.165, 1.54) is 11.9 Å². The lowest BCUT2D eigenvalue weighted by atomic mass is 9.79. The van der Waals surface area contributed by atoms with E-state index in [-0.39, 0.29) is 12.5 Å². The van der Waals surface area contributed by atoms with E-state index in [4.69, 9.17) is 21.1 Å². The molecule has 8 heteroatoms. The van der Waals surface area contributed by atoms with Crippen molar-refractivity contribution in [1.29, 1.82) is 0 Å². The molecule has 2 amide bonds. The van der Waals surface area contributed by atoms with Gasteiger partial charge in [0.1, 0.15) is 5.75 Å². The van der Waals surface area contributed by atoms with E-state index in [1.54, 1.807) is 36.4 Å². The molecule has 168 valence electrons. The highest BCUT2D eigenvalue weighted by atomic mass is 35.5. The largest absolute Gasteiger partial charge is 0.477 e. The van der Waals surface area contributed by atoms with E-state index < -0.39 is 30.0 Å². The van der Waals surface area contributed by atoms with Gasteiger partial charge in [-0.1, -0.05) is 48.7 Å². The Bertz CT molecular complexity index is 1020. The molecule has 2 aliphatic rings. The summed E-state index contributed by atoms with van der Waals surface area (Å²) in [5.74, 6) is -0.718. The first-order chi connectivity index (χ1) is 15.4. The molecule has 32 heavy (non-hydrogen) atoms. The van der Waals surface area contributed by atoms with Crippen LogP contribution in [-0.4, -0.2) is 44.1 Å². The predicted octanol–water partition coefficient (Wildman–Crippen LogP) is 3.24. The number of likely N-dealkylation sites (N-methyl/N-ethyl adjacent to an activating group) is 1. The van der Waals surface area contributed by atoms with Gasteiger partial charge in [0.25, 0.3) is 11.8 Å². The Morgan fingerprint density at radius 2 is 1.81 bits per heavy atom. The Kier molecular flexibility index (Phi) is 6.37. The Labute approximate surface area is 191 Å². The molecule has 1 atom stereocenters. The van der Waals surface area contributed by atoms with Crippen LogP contribution < -0.4 is 15.0 Å². The van der Waals surface area contributed by atoms with Gasteiger partial charge in [0, 0.05) is 12.1 Å². The molecule has 0 aromatic heterocycles. The summed E-state index contributed by atoms with van der Waals surface area (Å²) in [6, 6.07) is 14.2. The van der Waals surface area contributed by atoms with Gasteiger partial charge < -0.3 is 19.7 Å². The van der Waals surface area contributed by atoms with Gasteiger partial charge in [-0.25, -0.2) is 0 Å². The van der Waals surface area contributed by atoms with E-state index in [0.717, 1.165) is 18.4 Å². The predicted molar refractivity (Wildman–Crippen MR) is 120 cm³/mol. The minimum absolute atomic E-state index is 0.0371. The summed E-state index contributed by atoms with van der Waals surface area (Å²) < 4.78 is 11.3. The molecule has 0 saturated heterocycles. The maximum Gasteiger partial charge on any atom is 0.317 e. The number of halogens is 1. The number of anilines is 1. The fourth-order valence-electron chi connectivity index (χ4n) is 4.47. The van der Waals surface area contributed by atoms with Crippen molar-refractivity contribution in [3.63, 3.8) is 0 Å². The number of hydrogen-bond acceptors (Lipinski definition) is 5. The summed E-state index contributed by atoms with van der Waals surface area (Å²) in [5.41, 5.74) is 0.633. The number of rotatable bonds is 5. The maximum atomic E-state index is 13.2. The van der Waals surface area contributed by atoms with Crippen molar-refractivity contribution in [3.8, 4) is 5.75 Å². The third-order valence-electron chi connectivity index (χ3n) is 6.18. The van der Waals surface area contributed by atoms with Crippen molar-refractivity contribution in [2.24, 2.45) is 0 Å². The fourth-order valence-corrected chi connectivity index (χ4v) is 4.60. The highest BCUT2D eigenvalue weighted by Crippen LogP contribution is 2.42.